The number of alkyl halides is 1. The molecular formula is C15H12BrClO2. The lowest BCUT2D eigenvalue weighted by Gasteiger charge is -2.10. The van der Waals surface area contributed by atoms with Crippen LogP contribution in [0.1, 0.15) is 15.9 Å². The first-order valence-corrected chi connectivity index (χ1v) is 7.13. The van der Waals surface area contributed by atoms with Crippen LogP contribution in [0.2, 0.25) is 0 Å². The Bertz CT molecular complexity index is 570. The Morgan fingerprint density at radius 2 is 1.89 bits per heavy atom. The lowest BCUT2D eigenvalue weighted by Crippen LogP contribution is -2.07. The van der Waals surface area contributed by atoms with Crippen molar-refractivity contribution in [2.45, 2.75) is 0 Å². The van der Waals surface area contributed by atoms with Crippen molar-refractivity contribution in [1.29, 1.82) is 0 Å². The SMILES string of the molecule is O=C(c1ccccc1)c1cc(Br)ccc1OCCCl. The van der Waals surface area contributed by atoms with E-state index < -0.39 is 0 Å². The molecule has 0 saturated carbocycles. The minimum absolute atomic E-state index is 0.0635. The standard InChI is InChI=1S/C15H12BrClO2/c16-12-6-7-14(19-9-8-17)13(10-12)15(18)11-4-2-1-3-5-11/h1-7,10H,8-9H2. The van der Waals surface area contributed by atoms with E-state index in [1.54, 1.807) is 24.3 Å². The van der Waals surface area contributed by atoms with Crippen molar-refractivity contribution < 1.29 is 9.53 Å². The van der Waals surface area contributed by atoms with Gasteiger partial charge in [-0.25, -0.2) is 0 Å². The average molecular weight is 340 g/mol. The molecule has 0 aliphatic rings. The second kappa shape index (κ2) is 6.73. The van der Waals surface area contributed by atoms with E-state index in [9.17, 15) is 4.79 Å². The molecule has 0 radical (unpaired) electrons. The van der Waals surface area contributed by atoms with Gasteiger partial charge in [-0.15, -0.1) is 11.6 Å². The number of hydrogen-bond donors (Lipinski definition) is 0. The molecule has 0 aromatic heterocycles. The van der Waals surface area contributed by atoms with E-state index in [2.05, 4.69) is 15.9 Å². The average Bonchev–Trinajstić information content (AvgIpc) is 2.46. The molecule has 98 valence electrons. The van der Waals surface area contributed by atoms with E-state index in [-0.39, 0.29) is 5.78 Å². The fourth-order valence-corrected chi connectivity index (χ4v) is 2.14. The van der Waals surface area contributed by atoms with E-state index in [4.69, 9.17) is 16.3 Å². The third kappa shape index (κ3) is 3.58. The van der Waals surface area contributed by atoms with Crippen LogP contribution in [0.25, 0.3) is 0 Å². The summed E-state index contributed by atoms with van der Waals surface area (Å²) in [5.41, 5.74) is 1.17. The molecule has 2 aromatic carbocycles. The zero-order valence-corrected chi connectivity index (χ0v) is 12.4. The number of carbonyl (C=O) groups excluding carboxylic acids is 1. The predicted octanol–water partition coefficient (Wildman–Crippen LogP) is 4.30. The van der Waals surface area contributed by atoms with Gasteiger partial charge in [0.15, 0.2) is 5.78 Å². The molecule has 0 heterocycles. The van der Waals surface area contributed by atoms with Gasteiger partial charge < -0.3 is 4.74 Å². The van der Waals surface area contributed by atoms with Gasteiger partial charge in [-0.05, 0) is 18.2 Å². The molecule has 0 bridgehead atoms. The highest BCUT2D eigenvalue weighted by Crippen LogP contribution is 2.25. The van der Waals surface area contributed by atoms with Crippen molar-refractivity contribution in [2.24, 2.45) is 0 Å². The van der Waals surface area contributed by atoms with Crippen LogP contribution in [-0.2, 0) is 0 Å². The number of halogens is 2. The number of carbonyl (C=O) groups is 1. The van der Waals surface area contributed by atoms with E-state index >= 15 is 0 Å². The van der Waals surface area contributed by atoms with E-state index in [1.807, 2.05) is 24.3 Å². The van der Waals surface area contributed by atoms with Gasteiger partial charge in [-0.1, -0.05) is 46.3 Å². The number of benzene rings is 2. The van der Waals surface area contributed by atoms with Crippen molar-refractivity contribution in [3.05, 3.63) is 64.1 Å². The van der Waals surface area contributed by atoms with Crippen LogP contribution in [-0.4, -0.2) is 18.3 Å². The fourth-order valence-electron chi connectivity index (χ4n) is 1.70. The predicted molar refractivity (Wildman–Crippen MR) is 80.2 cm³/mol. The summed E-state index contributed by atoms with van der Waals surface area (Å²) in [6, 6.07) is 14.5. The number of ketones is 1. The van der Waals surface area contributed by atoms with Gasteiger partial charge in [-0.2, -0.15) is 0 Å². The lowest BCUT2D eigenvalue weighted by molar-refractivity contribution is 0.103. The quantitative estimate of drug-likeness (QED) is 0.600. The van der Waals surface area contributed by atoms with Crippen LogP contribution in [0.5, 0.6) is 5.75 Å². The maximum atomic E-state index is 12.4. The van der Waals surface area contributed by atoms with Gasteiger partial charge in [0.25, 0.3) is 0 Å². The largest absolute Gasteiger partial charge is 0.492 e. The first kappa shape index (κ1) is 14.1. The van der Waals surface area contributed by atoms with Crippen molar-refractivity contribution in [1.82, 2.24) is 0 Å². The first-order chi connectivity index (χ1) is 9.22. The smallest absolute Gasteiger partial charge is 0.196 e. The number of ether oxygens (including phenoxy) is 1. The van der Waals surface area contributed by atoms with Crippen LogP contribution in [0.15, 0.2) is 53.0 Å². The summed E-state index contributed by atoms with van der Waals surface area (Å²) in [7, 11) is 0. The fraction of sp³-hybridized carbons (Fsp3) is 0.133. The van der Waals surface area contributed by atoms with Gasteiger partial charge in [0.2, 0.25) is 0 Å². The molecule has 0 atom stereocenters. The minimum Gasteiger partial charge on any atom is -0.492 e. The van der Waals surface area contributed by atoms with Gasteiger partial charge in [-0.3, -0.25) is 4.79 Å². The molecule has 2 rings (SSSR count). The van der Waals surface area contributed by atoms with Crippen molar-refractivity contribution in [3.8, 4) is 5.75 Å². The Morgan fingerprint density at radius 1 is 1.16 bits per heavy atom. The summed E-state index contributed by atoms with van der Waals surface area (Å²) < 4.78 is 6.35. The Balaban J connectivity index is 2.37. The van der Waals surface area contributed by atoms with Crippen LogP contribution in [0, 0.1) is 0 Å². The molecular weight excluding hydrogens is 328 g/mol. The van der Waals surface area contributed by atoms with E-state index in [0.29, 0.717) is 29.4 Å². The summed E-state index contributed by atoms with van der Waals surface area (Å²) in [5, 5.41) is 0. The number of rotatable bonds is 5. The summed E-state index contributed by atoms with van der Waals surface area (Å²) in [6.07, 6.45) is 0. The Morgan fingerprint density at radius 3 is 2.58 bits per heavy atom. The van der Waals surface area contributed by atoms with Crippen molar-refractivity contribution >= 4 is 33.3 Å². The highest BCUT2D eigenvalue weighted by molar-refractivity contribution is 9.10. The van der Waals surface area contributed by atoms with Gasteiger partial charge in [0.05, 0.1) is 11.4 Å². The number of hydrogen-bond acceptors (Lipinski definition) is 2. The zero-order chi connectivity index (χ0) is 13.7. The molecule has 2 aromatic rings. The molecule has 0 aliphatic heterocycles. The van der Waals surface area contributed by atoms with E-state index in [1.165, 1.54) is 0 Å². The maximum Gasteiger partial charge on any atom is 0.196 e. The van der Waals surface area contributed by atoms with E-state index in [0.717, 1.165) is 4.47 Å². The van der Waals surface area contributed by atoms with Gasteiger partial charge in [0.1, 0.15) is 12.4 Å². The summed E-state index contributed by atoms with van der Waals surface area (Å²) in [4.78, 5) is 12.4. The molecule has 0 N–H and O–H groups in total. The monoisotopic (exact) mass is 338 g/mol. The van der Waals surface area contributed by atoms with Crippen LogP contribution in [0.4, 0.5) is 0 Å². The second-order valence-electron chi connectivity index (χ2n) is 3.87. The van der Waals surface area contributed by atoms with Crippen LogP contribution < -0.4 is 4.74 Å². The maximum absolute atomic E-state index is 12.4. The van der Waals surface area contributed by atoms with Crippen molar-refractivity contribution in [3.63, 3.8) is 0 Å². The molecule has 4 heteroatoms. The highest BCUT2D eigenvalue weighted by atomic mass is 79.9. The molecule has 0 aliphatic carbocycles. The van der Waals surface area contributed by atoms with Crippen LogP contribution >= 0.6 is 27.5 Å². The molecule has 0 fully saturated rings. The Labute approximate surface area is 125 Å². The normalized spacial score (nSPS) is 10.2. The molecule has 2 nitrogen and oxygen atoms in total. The minimum atomic E-state index is -0.0635. The summed E-state index contributed by atoms with van der Waals surface area (Å²) in [5.74, 6) is 0.874. The zero-order valence-electron chi connectivity index (χ0n) is 10.1. The molecule has 0 saturated heterocycles. The topological polar surface area (TPSA) is 26.3 Å². The molecule has 0 spiro atoms. The second-order valence-corrected chi connectivity index (χ2v) is 5.17. The Hall–Kier alpha value is -1.32. The van der Waals surface area contributed by atoms with Gasteiger partial charge >= 0.3 is 0 Å². The highest BCUT2D eigenvalue weighted by Gasteiger charge is 2.15. The van der Waals surface area contributed by atoms with Gasteiger partial charge in [0, 0.05) is 10.0 Å². The van der Waals surface area contributed by atoms with Crippen LogP contribution in [0.3, 0.4) is 0 Å². The molecule has 19 heavy (non-hydrogen) atoms. The third-order valence-corrected chi connectivity index (χ3v) is 3.20. The summed E-state index contributed by atoms with van der Waals surface area (Å²) >= 11 is 8.98. The first-order valence-electron chi connectivity index (χ1n) is 5.80. The molecule has 0 unspecified atom stereocenters. The van der Waals surface area contributed by atoms with Crippen molar-refractivity contribution in [2.75, 3.05) is 12.5 Å². The third-order valence-electron chi connectivity index (χ3n) is 2.56. The molecule has 0 amide bonds. The lowest BCUT2D eigenvalue weighted by atomic mass is 10.0. The Kier molecular flexibility index (Phi) is 5.00. The summed E-state index contributed by atoms with van der Waals surface area (Å²) in [6.45, 7) is 0.373.